The standard InChI is InChI=1S/C3H6N2O/c6-3-1-4-5-2-3/h1,3,5-6H,2H2. The summed E-state index contributed by atoms with van der Waals surface area (Å²) < 4.78 is 0. The predicted octanol–water partition coefficient (Wildman–Crippen LogP) is -1.06. The highest BCUT2D eigenvalue weighted by molar-refractivity contribution is 5.64. The summed E-state index contributed by atoms with van der Waals surface area (Å²) in [6.45, 7) is 0.569. The molecular weight excluding hydrogens is 80.0 g/mol. The lowest BCUT2D eigenvalue weighted by Gasteiger charge is -1.88. The molecule has 34 valence electrons. The number of aliphatic hydroxyl groups excluding tert-OH is 1. The van der Waals surface area contributed by atoms with E-state index < -0.39 is 0 Å². The van der Waals surface area contributed by atoms with E-state index in [4.69, 9.17) is 5.11 Å². The zero-order chi connectivity index (χ0) is 4.41. The van der Waals surface area contributed by atoms with Gasteiger partial charge in [-0.3, -0.25) is 0 Å². The van der Waals surface area contributed by atoms with E-state index in [1.807, 2.05) is 0 Å². The Hall–Kier alpha value is -0.570. The molecule has 2 N–H and O–H groups in total. The van der Waals surface area contributed by atoms with Crippen molar-refractivity contribution in [1.29, 1.82) is 0 Å². The van der Waals surface area contributed by atoms with Gasteiger partial charge in [0.2, 0.25) is 0 Å². The number of β-amino-alcohol motifs (C(OH)–C–C–N with tert-alkyl or cyclic N) is 1. The van der Waals surface area contributed by atoms with Crippen molar-refractivity contribution in [3.05, 3.63) is 0 Å². The van der Waals surface area contributed by atoms with Crippen LogP contribution >= 0.6 is 0 Å². The first-order chi connectivity index (χ1) is 2.89. The smallest absolute Gasteiger partial charge is 0.110 e. The Balaban J connectivity index is 2.38. The zero-order valence-corrected chi connectivity index (χ0v) is 3.26. The Morgan fingerprint density at radius 2 is 2.83 bits per heavy atom. The molecule has 0 radical (unpaired) electrons. The summed E-state index contributed by atoms with van der Waals surface area (Å²) in [6, 6.07) is 0. The van der Waals surface area contributed by atoms with Crippen LogP contribution < -0.4 is 5.43 Å². The topological polar surface area (TPSA) is 44.6 Å². The van der Waals surface area contributed by atoms with Crippen molar-refractivity contribution in [1.82, 2.24) is 5.43 Å². The number of hydrazone groups is 1. The van der Waals surface area contributed by atoms with Crippen LogP contribution in [0.25, 0.3) is 0 Å². The van der Waals surface area contributed by atoms with Crippen molar-refractivity contribution in [2.24, 2.45) is 5.10 Å². The second kappa shape index (κ2) is 1.26. The molecule has 0 saturated heterocycles. The van der Waals surface area contributed by atoms with Crippen molar-refractivity contribution in [3.63, 3.8) is 0 Å². The van der Waals surface area contributed by atoms with Crippen molar-refractivity contribution < 1.29 is 5.11 Å². The second-order valence-corrected chi connectivity index (χ2v) is 1.21. The van der Waals surface area contributed by atoms with E-state index in [1.165, 1.54) is 6.21 Å². The van der Waals surface area contributed by atoms with Crippen LogP contribution in [0.3, 0.4) is 0 Å². The van der Waals surface area contributed by atoms with Crippen LogP contribution in [0.4, 0.5) is 0 Å². The average molecular weight is 86.1 g/mol. The lowest BCUT2D eigenvalue weighted by molar-refractivity contribution is 0.254. The van der Waals surface area contributed by atoms with Gasteiger partial charge in [0.1, 0.15) is 6.10 Å². The molecule has 0 amide bonds. The third-order valence-corrected chi connectivity index (χ3v) is 0.638. The SMILES string of the molecule is OC1C=NNC1. The first-order valence-electron chi connectivity index (χ1n) is 1.84. The minimum atomic E-state index is -0.356. The van der Waals surface area contributed by atoms with Gasteiger partial charge in [-0.25, -0.2) is 0 Å². The maximum Gasteiger partial charge on any atom is 0.110 e. The monoisotopic (exact) mass is 86.0 g/mol. The van der Waals surface area contributed by atoms with Gasteiger partial charge in [-0.15, -0.1) is 0 Å². The number of rotatable bonds is 0. The van der Waals surface area contributed by atoms with Crippen molar-refractivity contribution >= 4 is 6.21 Å². The lowest BCUT2D eigenvalue weighted by atomic mass is 10.4. The summed E-state index contributed by atoms with van der Waals surface area (Å²) in [5.74, 6) is 0. The minimum absolute atomic E-state index is 0.356. The van der Waals surface area contributed by atoms with Gasteiger partial charge >= 0.3 is 0 Å². The molecule has 1 aliphatic rings. The van der Waals surface area contributed by atoms with Crippen LogP contribution in [0.1, 0.15) is 0 Å². The summed E-state index contributed by atoms with van der Waals surface area (Å²) in [5.41, 5.74) is 2.59. The fraction of sp³-hybridized carbons (Fsp3) is 0.667. The molecule has 0 aliphatic carbocycles. The Kier molecular flexibility index (Phi) is 0.759. The molecule has 1 rings (SSSR count). The zero-order valence-electron chi connectivity index (χ0n) is 3.26. The molecule has 0 aromatic carbocycles. The van der Waals surface area contributed by atoms with Crippen LogP contribution in [0, 0.1) is 0 Å². The summed E-state index contributed by atoms with van der Waals surface area (Å²) in [4.78, 5) is 0. The van der Waals surface area contributed by atoms with Crippen LogP contribution in [0.2, 0.25) is 0 Å². The van der Waals surface area contributed by atoms with Crippen LogP contribution in [-0.4, -0.2) is 24.0 Å². The van der Waals surface area contributed by atoms with Crippen LogP contribution in [0.5, 0.6) is 0 Å². The van der Waals surface area contributed by atoms with Crippen molar-refractivity contribution in [3.8, 4) is 0 Å². The number of nitrogens with one attached hydrogen (secondary N) is 1. The molecule has 3 heteroatoms. The molecule has 6 heavy (non-hydrogen) atoms. The van der Waals surface area contributed by atoms with Gasteiger partial charge < -0.3 is 10.5 Å². The van der Waals surface area contributed by atoms with E-state index in [9.17, 15) is 0 Å². The van der Waals surface area contributed by atoms with Gasteiger partial charge in [-0.2, -0.15) is 5.10 Å². The molecule has 0 aromatic rings. The van der Waals surface area contributed by atoms with E-state index in [1.54, 1.807) is 0 Å². The Morgan fingerprint density at radius 1 is 2.00 bits per heavy atom. The highest BCUT2D eigenvalue weighted by Crippen LogP contribution is 1.79. The summed E-state index contributed by atoms with van der Waals surface area (Å²) >= 11 is 0. The number of nitrogens with zero attached hydrogens (tertiary/aromatic N) is 1. The quantitative estimate of drug-likeness (QED) is 0.394. The van der Waals surface area contributed by atoms with Gasteiger partial charge in [-0.05, 0) is 0 Å². The van der Waals surface area contributed by atoms with E-state index in [0.29, 0.717) is 6.54 Å². The maximum atomic E-state index is 8.52. The molecule has 0 bridgehead atoms. The van der Waals surface area contributed by atoms with Gasteiger partial charge in [0.15, 0.2) is 0 Å². The average Bonchev–Trinajstić information content (AvgIpc) is 1.86. The largest absolute Gasteiger partial charge is 0.385 e. The molecule has 1 unspecified atom stereocenters. The molecule has 1 heterocycles. The molecule has 1 aliphatic heterocycles. The van der Waals surface area contributed by atoms with E-state index in [-0.39, 0.29) is 6.10 Å². The molecule has 1 atom stereocenters. The molecular formula is C3H6N2O. The number of aliphatic hydroxyl groups is 1. The number of hydrogen-bond acceptors (Lipinski definition) is 3. The second-order valence-electron chi connectivity index (χ2n) is 1.21. The van der Waals surface area contributed by atoms with Gasteiger partial charge in [-0.1, -0.05) is 0 Å². The highest BCUT2D eigenvalue weighted by atomic mass is 16.3. The van der Waals surface area contributed by atoms with E-state index in [2.05, 4.69) is 10.5 Å². The normalized spacial score (nSPS) is 30.5. The van der Waals surface area contributed by atoms with Crippen molar-refractivity contribution in [2.75, 3.05) is 6.54 Å². The summed E-state index contributed by atoms with van der Waals surface area (Å²) in [6.07, 6.45) is 1.12. The molecule has 0 saturated carbocycles. The van der Waals surface area contributed by atoms with Gasteiger partial charge in [0, 0.05) is 0 Å². The molecule has 3 nitrogen and oxygen atoms in total. The lowest BCUT2D eigenvalue weighted by Crippen LogP contribution is -2.13. The summed E-state index contributed by atoms with van der Waals surface area (Å²) in [5, 5.41) is 12.1. The first-order valence-corrected chi connectivity index (χ1v) is 1.84. The predicted molar refractivity (Wildman–Crippen MR) is 22.5 cm³/mol. The molecule has 0 aromatic heterocycles. The maximum absolute atomic E-state index is 8.52. The highest BCUT2D eigenvalue weighted by Gasteiger charge is 2.01. The first kappa shape index (κ1) is 3.61. The van der Waals surface area contributed by atoms with Gasteiger partial charge in [0.25, 0.3) is 0 Å². The van der Waals surface area contributed by atoms with Crippen LogP contribution in [0.15, 0.2) is 5.10 Å². The van der Waals surface area contributed by atoms with Gasteiger partial charge in [0.05, 0.1) is 12.8 Å². The summed E-state index contributed by atoms with van der Waals surface area (Å²) in [7, 11) is 0. The van der Waals surface area contributed by atoms with Crippen LogP contribution in [-0.2, 0) is 0 Å². The fourth-order valence-electron chi connectivity index (χ4n) is 0.338. The Labute approximate surface area is 35.7 Å². The van der Waals surface area contributed by atoms with E-state index >= 15 is 0 Å². The Bertz CT molecular complexity index is 71.2. The van der Waals surface area contributed by atoms with Crippen molar-refractivity contribution in [2.45, 2.75) is 6.10 Å². The minimum Gasteiger partial charge on any atom is -0.385 e. The number of hydrogen-bond donors (Lipinski definition) is 2. The third-order valence-electron chi connectivity index (χ3n) is 0.638. The fourth-order valence-corrected chi connectivity index (χ4v) is 0.338. The molecule has 0 spiro atoms. The third kappa shape index (κ3) is 0.490. The Morgan fingerprint density at radius 3 is 3.00 bits per heavy atom. The van der Waals surface area contributed by atoms with E-state index in [0.717, 1.165) is 0 Å². The molecule has 0 fully saturated rings.